The fraction of sp³-hybridized carbons (Fsp3) is 0.257. The fourth-order valence-electron chi connectivity index (χ4n) is 4.17. The highest BCUT2D eigenvalue weighted by Gasteiger charge is 2.10. The van der Waals surface area contributed by atoms with Crippen LogP contribution in [0, 0.1) is 0 Å². The van der Waals surface area contributed by atoms with Crippen LogP contribution in [0.5, 0.6) is 34.5 Å². The summed E-state index contributed by atoms with van der Waals surface area (Å²) >= 11 is 0. The molecule has 224 valence electrons. The minimum Gasteiger partial charge on any atom is -0.497 e. The summed E-state index contributed by atoms with van der Waals surface area (Å²) in [4.78, 5) is 22.6. The van der Waals surface area contributed by atoms with Crippen LogP contribution >= 0.6 is 0 Å². The van der Waals surface area contributed by atoms with Crippen LogP contribution in [0.25, 0.3) is 0 Å². The highest BCUT2D eigenvalue weighted by Crippen LogP contribution is 2.31. The first-order chi connectivity index (χ1) is 21.1. The first-order valence-corrected chi connectivity index (χ1v) is 14.1. The molecule has 0 spiro atoms. The van der Waals surface area contributed by atoms with E-state index in [4.69, 9.17) is 28.4 Å². The number of benzene rings is 4. The largest absolute Gasteiger partial charge is 0.497 e. The molecule has 0 aliphatic carbocycles. The zero-order chi connectivity index (χ0) is 30.3. The number of methoxy groups -OCH3 is 2. The molecule has 0 heterocycles. The monoisotopic (exact) mass is 584 g/mol. The van der Waals surface area contributed by atoms with Crippen molar-refractivity contribution in [2.24, 2.45) is 0 Å². The molecule has 0 aliphatic heterocycles. The molecular formula is C35H36O8. The predicted molar refractivity (Wildman–Crippen MR) is 163 cm³/mol. The van der Waals surface area contributed by atoms with E-state index in [0.29, 0.717) is 60.6 Å². The Morgan fingerprint density at radius 1 is 0.488 bits per heavy atom. The van der Waals surface area contributed by atoms with Gasteiger partial charge in [0.15, 0.2) is 23.0 Å². The van der Waals surface area contributed by atoms with Crippen LogP contribution in [0.1, 0.15) is 51.1 Å². The summed E-state index contributed by atoms with van der Waals surface area (Å²) in [6.07, 6.45) is 3.98. The standard InChI is InChI=1S/C35H36O8/c1-38-30-12-6-26(7-13-30)24-42-32-16-10-28(22-36)20-34(32)40-18-4-3-5-19-41-35-21-29(23-37)11-17-33(35)43-25-27-8-14-31(39-2)15-9-27/h6-17,20-23H,3-5,18-19,24-25H2,1-2H3. The van der Waals surface area contributed by atoms with E-state index in [-0.39, 0.29) is 0 Å². The van der Waals surface area contributed by atoms with E-state index in [2.05, 4.69) is 0 Å². The van der Waals surface area contributed by atoms with Crippen molar-refractivity contribution in [2.75, 3.05) is 27.4 Å². The third-order valence-corrected chi connectivity index (χ3v) is 6.62. The number of unbranched alkanes of at least 4 members (excludes halogenated alkanes) is 2. The van der Waals surface area contributed by atoms with Crippen LogP contribution in [-0.2, 0) is 13.2 Å². The second kappa shape index (κ2) is 16.5. The average Bonchev–Trinajstić information content (AvgIpc) is 3.06. The molecular weight excluding hydrogens is 548 g/mol. The molecule has 0 atom stereocenters. The molecule has 0 aromatic heterocycles. The molecule has 0 saturated heterocycles. The maximum atomic E-state index is 11.3. The van der Waals surface area contributed by atoms with Crippen LogP contribution in [0.4, 0.5) is 0 Å². The topological polar surface area (TPSA) is 89.5 Å². The van der Waals surface area contributed by atoms with Gasteiger partial charge in [0.25, 0.3) is 0 Å². The number of ether oxygens (including phenoxy) is 6. The number of carbonyl (C=O) groups excluding carboxylic acids is 2. The minimum absolute atomic E-state index is 0.356. The molecule has 4 rings (SSSR count). The van der Waals surface area contributed by atoms with E-state index in [9.17, 15) is 9.59 Å². The van der Waals surface area contributed by atoms with Gasteiger partial charge < -0.3 is 28.4 Å². The molecule has 4 aromatic rings. The van der Waals surface area contributed by atoms with Crippen molar-refractivity contribution in [2.45, 2.75) is 32.5 Å². The molecule has 0 bridgehead atoms. The first-order valence-electron chi connectivity index (χ1n) is 14.1. The molecule has 0 saturated carbocycles. The number of hydrogen-bond donors (Lipinski definition) is 0. The Hall–Kier alpha value is -4.98. The number of carbonyl (C=O) groups is 2. The summed E-state index contributed by atoms with van der Waals surface area (Å²) < 4.78 is 34.4. The van der Waals surface area contributed by atoms with Gasteiger partial charge in [0.1, 0.15) is 37.3 Å². The number of aldehydes is 2. The summed E-state index contributed by atoms with van der Waals surface area (Å²) in [5, 5.41) is 0. The lowest BCUT2D eigenvalue weighted by atomic mass is 10.2. The zero-order valence-corrected chi connectivity index (χ0v) is 24.5. The second-order valence-electron chi connectivity index (χ2n) is 9.68. The molecule has 8 nitrogen and oxygen atoms in total. The number of hydrogen-bond acceptors (Lipinski definition) is 8. The van der Waals surface area contributed by atoms with E-state index >= 15 is 0 Å². The smallest absolute Gasteiger partial charge is 0.161 e. The molecule has 0 aliphatic rings. The molecule has 4 aromatic carbocycles. The summed E-state index contributed by atoms with van der Waals surface area (Å²) in [6, 6.07) is 25.5. The van der Waals surface area contributed by atoms with Gasteiger partial charge in [-0.1, -0.05) is 24.3 Å². The third-order valence-electron chi connectivity index (χ3n) is 6.62. The molecule has 8 heteroatoms. The van der Waals surface area contributed by atoms with E-state index < -0.39 is 0 Å². The van der Waals surface area contributed by atoms with E-state index in [1.807, 2.05) is 48.5 Å². The second-order valence-corrected chi connectivity index (χ2v) is 9.68. The lowest BCUT2D eigenvalue weighted by Crippen LogP contribution is -2.04. The fourth-order valence-corrected chi connectivity index (χ4v) is 4.17. The van der Waals surface area contributed by atoms with Crippen LogP contribution in [0.3, 0.4) is 0 Å². The Balaban J connectivity index is 1.23. The van der Waals surface area contributed by atoms with Gasteiger partial charge >= 0.3 is 0 Å². The maximum absolute atomic E-state index is 11.3. The van der Waals surface area contributed by atoms with Crippen molar-refractivity contribution in [3.63, 3.8) is 0 Å². The Labute approximate surface area is 252 Å². The van der Waals surface area contributed by atoms with Crippen molar-refractivity contribution in [3.8, 4) is 34.5 Å². The molecule has 0 radical (unpaired) electrons. The Morgan fingerprint density at radius 2 is 0.907 bits per heavy atom. The average molecular weight is 585 g/mol. The van der Waals surface area contributed by atoms with E-state index in [1.54, 1.807) is 50.6 Å². The molecule has 0 unspecified atom stereocenters. The van der Waals surface area contributed by atoms with Gasteiger partial charge in [-0.15, -0.1) is 0 Å². The Bertz CT molecular complexity index is 1340. The van der Waals surface area contributed by atoms with Crippen LogP contribution in [0.2, 0.25) is 0 Å². The van der Waals surface area contributed by atoms with Crippen molar-refractivity contribution in [1.29, 1.82) is 0 Å². The van der Waals surface area contributed by atoms with Crippen LogP contribution in [-0.4, -0.2) is 40.0 Å². The predicted octanol–water partition coefficient (Wildman–Crippen LogP) is 7.11. The maximum Gasteiger partial charge on any atom is 0.161 e. The molecule has 0 N–H and O–H groups in total. The zero-order valence-electron chi connectivity index (χ0n) is 24.5. The molecule has 0 amide bonds. The van der Waals surface area contributed by atoms with Gasteiger partial charge in [-0.25, -0.2) is 0 Å². The van der Waals surface area contributed by atoms with Gasteiger partial charge in [0.2, 0.25) is 0 Å². The number of rotatable bonds is 18. The summed E-state index contributed by atoms with van der Waals surface area (Å²) in [5.74, 6) is 3.75. The molecule has 43 heavy (non-hydrogen) atoms. The summed E-state index contributed by atoms with van der Waals surface area (Å²) in [7, 11) is 3.25. The third kappa shape index (κ3) is 9.53. The van der Waals surface area contributed by atoms with Gasteiger partial charge in [-0.2, -0.15) is 0 Å². The quantitative estimate of drug-likeness (QED) is 0.0903. The van der Waals surface area contributed by atoms with Crippen LogP contribution in [0.15, 0.2) is 84.9 Å². The van der Waals surface area contributed by atoms with Crippen LogP contribution < -0.4 is 28.4 Å². The summed E-state index contributed by atoms with van der Waals surface area (Å²) in [6.45, 7) is 1.63. The lowest BCUT2D eigenvalue weighted by Gasteiger charge is -2.14. The highest BCUT2D eigenvalue weighted by atomic mass is 16.5. The van der Waals surface area contributed by atoms with E-state index in [1.165, 1.54) is 0 Å². The van der Waals surface area contributed by atoms with E-state index in [0.717, 1.165) is 54.5 Å². The van der Waals surface area contributed by atoms with Gasteiger partial charge in [-0.3, -0.25) is 9.59 Å². The minimum atomic E-state index is 0.356. The Morgan fingerprint density at radius 3 is 1.28 bits per heavy atom. The van der Waals surface area contributed by atoms with Crippen molar-refractivity contribution >= 4 is 12.6 Å². The van der Waals surface area contributed by atoms with Crippen molar-refractivity contribution in [1.82, 2.24) is 0 Å². The Kier molecular flexibility index (Phi) is 11.9. The van der Waals surface area contributed by atoms with Crippen molar-refractivity contribution < 1.29 is 38.0 Å². The van der Waals surface area contributed by atoms with Gasteiger partial charge in [0.05, 0.1) is 27.4 Å². The summed E-state index contributed by atoms with van der Waals surface area (Å²) in [5.41, 5.74) is 3.00. The highest BCUT2D eigenvalue weighted by molar-refractivity contribution is 5.77. The SMILES string of the molecule is COc1ccc(COc2ccc(C=O)cc2OCCCCCOc2cc(C=O)ccc2OCc2ccc(OC)cc2)cc1. The molecule has 0 fully saturated rings. The van der Waals surface area contributed by atoms with Crippen molar-refractivity contribution in [3.05, 3.63) is 107 Å². The normalized spacial score (nSPS) is 10.5. The lowest BCUT2D eigenvalue weighted by molar-refractivity contribution is 0.111. The van der Waals surface area contributed by atoms with Gasteiger partial charge in [-0.05, 0) is 91.1 Å². The first kappa shape index (κ1) is 31.0. The van der Waals surface area contributed by atoms with Gasteiger partial charge in [0, 0.05) is 11.1 Å².